The van der Waals surface area contributed by atoms with E-state index in [4.69, 9.17) is 0 Å². The molecule has 19 heavy (non-hydrogen) atoms. The number of hydrogen-bond donors (Lipinski definition) is 1. The van der Waals surface area contributed by atoms with Crippen LogP contribution < -0.4 is 4.72 Å². The van der Waals surface area contributed by atoms with Crippen LogP contribution in [0.4, 0.5) is 10.1 Å². The van der Waals surface area contributed by atoms with Crippen LogP contribution in [0, 0.1) is 19.7 Å². The number of nitrogens with one attached hydrogen (secondary N) is 1. The zero-order valence-electron chi connectivity index (χ0n) is 10.6. The Labute approximate surface area is 112 Å². The molecule has 0 aliphatic rings. The Kier molecular flexibility index (Phi) is 3.57. The number of anilines is 1. The molecule has 0 bridgehead atoms. The summed E-state index contributed by atoms with van der Waals surface area (Å²) < 4.78 is 39.8. The molecule has 100 valence electrons. The lowest BCUT2D eigenvalue weighted by Gasteiger charge is -2.09. The van der Waals surface area contributed by atoms with Gasteiger partial charge in [0.1, 0.15) is 5.82 Å². The van der Waals surface area contributed by atoms with Gasteiger partial charge in [0.05, 0.1) is 4.90 Å². The van der Waals surface area contributed by atoms with E-state index < -0.39 is 15.8 Å². The van der Waals surface area contributed by atoms with Gasteiger partial charge in [-0.15, -0.1) is 0 Å². The second-order valence-corrected chi connectivity index (χ2v) is 6.06. The molecule has 0 unspecified atom stereocenters. The largest absolute Gasteiger partial charge is 0.280 e. The molecule has 0 saturated carbocycles. The Bertz CT molecular complexity index is 694. The van der Waals surface area contributed by atoms with Crippen molar-refractivity contribution < 1.29 is 12.8 Å². The third-order valence-corrected chi connectivity index (χ3v) is 4.12. The van der Waals surface area contributed by atoms with Crippen molar-refractivity contribution in [2.75, 3.05) is 4.72 Å². The summed E-state index contributed by atoms with van der Waals surface area (Å²) >= 11 is 0. The number of aryl methyl sites for hydroxylation is 2. The number of sulfonamides is 1. The van der Waals surface area contributed by atoms with Gasteiger partial charge in [0.25, 0.3) is 10.0 Å². The summed E-state index contributed by atoms with van der Waals surface area (Å²) in [6.07, 6.45) is 0. The van der Waals surface area contributed by atoms with E-state index in [9.17, 15) is 12.8 Å². The summed E-state index contributed by atoms with van der Waals surface area (Å²) in [6, 6.07) is 10.7. The summed E-state index contributed by atoms with van der Waals surface area (Å²) in [6.45, 7) is 3.45. The van der Waals surface area contributed by atoms with Crippen LogP contribution in [-0.2, 0) is 10.0 Å². The van der Waals surface area contributed by atoms with Gasteiger partial charge < -0.3 is 0 Å². The smallest absolute Gasteiger partial charge is 0.261 e. The van der Waals surface area contributed by atoms with E-state index in [1.165, 1.54) is 19.1 Å². The first-order chi connectivity index (χ1) is 8.88. The van der Waals surface area contributed by atoms with E-state index in [1.807, 2.05) is 19.1 Å². The molecule has 0 aromatic heterocycles. The van der Waals surface area contributed by atoms with Gasteiger partial charge in [-0.2, -0.15) is 0 Å². The summed E-state index contributed by atoms with van der Waals surface area (Å²) in [4.78, 5) is 0.0481. The van der Waals surface area contributed by atoms with E-state index in [2.05, 4.69) is 4.72 Å². The molecule has 0 aliphatic heterocycles. The first-order valence-corrected chi connectivity index (χ1v) is 7.22. The van der Waals surface area contributed by atoms with Crippen molar-refractivity contribution in [3.8, 4) is 0 Å². The summed E-state index contributed by atoms with van der Waals surface area (Å²) in [5, 5.41) is 0. The Balaban J connectivity index is 2.32. The maximum absolute atomic E-state index is 13.1. The molecule has 0 aliphatic carbocycles. The maximum atomic E-state index is 13.1. The maximum Gasteiger partial charge on any atom is 0.261 e. The Morgan fingerprint density at radius 2 is 1.63 bits per heavy atom. The van der Waals surface area contributed by atoms with Gasteiger partial charge in [0.15, 0.2) is 0 Å². The van der Waals surface area contributed by atoms with E-state index >= 15 is 0 Å². The predicted octanol–water partition coefficient (Wildman–Crippen LogP) is 3.24. The summed E-state index contributed by atoms with van der Waals surface area (Å²) in [5.74, 6) is -0.422. The summed E-state index contributed by atoms with van der Waals surface area (Å²) in [5.41, 5.74) is 1.82. The van der Waals surface area contributed by atoms with Crippen LogP contribution in [-0.4, -0.2) is 8.42 Å². The standard InChI is InChI=1S/C14H14FNO2S/c1-10-3-5-12(6-4-10)16-19(17,18)13-7-8-14(15)11(2)9-13/h3-9,16H,1-2H3. The normalized spacial score (nSPS) is 11.3. The first-order valence-electron chi connectivity index (χ1n) is 5.74. The lowest BCUT2D eigenvalue weighted by molar-refractivity contribution is 0.598. The minimum absolute atomic E-state index is 0.0481. The molecule has 0 saturated heterocycles. The van der Waals surface area contributed by atoms with Crippen LogP contribution in [0.25, 0.3) is 0 Å². The van der Waals surface area contributed by atoms with Gasteiger partial charge >= 0.3 is 0 Å². The number of benzene rings is 2. The Morgan fingerprint density at radius 3 is 2.21 bits per heavy atom. The molecule has 2 aromatic rings. The van der Waals surface area contributed by atoms with Gasteiger partial charge in [-0.1, -0.05) is 17.7 Å². The van der Waals surface area contributed by atoms with Gasteiger partial charge in [-0.05, 0) is 49.7 Å². The van der Waals surface area contributed by atoms with Gasteiger partial charge in [0.2, 0.25) is 0 Å². The quantitative estimate of drug-likeness (QED) is 0.937. The molecule has 3 nitrogen and oxygen atoms in total. The fourth-order valence-corrected chi connectivity index (χ4v) is 2.76. The third kappa shape index (κ3) is 3.12. The number of rotatable bonds is 3. The first kappa shape index (κ1) is 13.5. The van der Waals surface area contributed by atoms with Crippen molar-refractivity contribution in [2.24, 2.45) is 0 Å². The molecule has 1 N–H and O–H groups in total. The Hall–Kier alpha value is -1.88. The van der Waals surface area contributed by atoms with Crippen molar-refractivity contribution in [1.82, 2.24) is 0 Å². The molecular formula is C14H14FNO2S. The van der Waals surface area contributed by atoms with Crippen molar-refractivity contribution in [2.45, 2.75) is 18.7 Å². The molecular weight excluding hydrogens is 265 g/mol. The highest BCUT2D eigenvalue weighted by Crippen LogP contribution is 2.18. The minimum atomic E-state index is -3.68. The van der Waals surface area contributed by atoms with Crippen LogP contribution in [0.15, 0.2) is 47.4 Å². The molecule has 0 spiro atoms. The summed E-state index contributed by atoms with van der Waals surface area (Å²) in [7, 11) is -3.68. The second-order valence-electron chi connectivity index (χ2n) is 4.38. The average molecular weight is 279 g/mol. The van der Waals surface area contributed by atoms with E-state index in [-0.39, 0.29) is 4.90 Å². The second kappa shape index (κ2) is 5.01. The average Bonchev–Trinajstić information content (AvgIpc) is 2.35. The minimum Gasteiger partial charge on any atom is -0.280 e. The van der Waals surface area contributed by atoms with Crippen LogP contribution >= 0.6 is 0 Å². The van der Waals surface area contributed by atoms with Gasteiger partial charge in [0, 0.05) is 5.69 Å². The predicted molar refractivity (Wildman–Crippen MR) is 73.1 cm³/mol. The monoisotopic (exact) mass is 279 g/mol. The molecule has 0 heterocycles. The molecule has 2 aromatic carbocycles. The highest BCUT2D eigenvalue weighted by Gasteiger charge is 2.15. The van der Waals surface area contributed by atoms with Crippen LogP contribution in [0.2, 0.25) is 0 Å². The van der Waals surface area contributed by atoms with E-state index in [0.29, 0.717) is 11.3 Å². The molecule has 2 rings (SSSR count). The van der Waals surface area contributed by atoms with E-state index in [1.54, 1.807) is 12.1 Å². The lowest BCUT2D eigenvalue weighted by Crippen LogP contribution is -2.13. The number of halogens is 1. The van der Waals surface area contributed by atoms with Crippen molar-refractivity contribution in [3.63, 3.8) is 0 Å². The number of hydrogen-bond acceptors (Lipinski definition) is 2. The lowest BCUT2D eigenvalue weighted by atomic mass is 10.2. The van der Waals surface area contributed by atoms with Gasteiger partial charge in [-0.3, -0.25) is 4.72 Å². The van der Waals surface area contributed by atoms with Crippen molar-refractivity contribution in [3.05, 3.63) is 59.4 Å². The highest BCUT2D eigenvalue weighted by atomic mass is 32.2. The third-order valence-electron chi connectivity index (χ3n) is 2.74. The van der Waals surface area contributed by atoms with Crippen LogP contribution in [0.3, 0.4) is 0 Å². The van der Waals surface area contributed by atoms with Gasteiger partial charge in [-0.25, -0.2) is 12.8 Å². The molecule has 0 atom stereocenters. The highest BCUT2D eigenvalue weighted by molar-refractivity contribution is 7.92. The molecule has 0 radical (unpaired) electrons. The molecule has 0 amide bonds. The van der Waals surface area contributed by atoms with Crippen molar-refractivity contribution in [1.29, 1.82) is 0 Å². The topological polar surface area (TPSA) is 46.2 Å². The Morgan fingerprint density at radius 1 is 1.00 bits per heavy atom. The van der Waals surface area contributed by atoms with E-state index in [0.717, 1.165) is 11.6 Å². The molecule has 0 fully saturated rings. The SMILES string of the molecule is Cc1ccc(NS(=O)(=O)c2ccc(F)c(C)c2)cc1. The van der Waals surface area contributed by atoms with Crippen LogP contribution in [0.5, 0.6) is 0 Å². The van der Waals surface area contributed by atoms with Crippen molar-refractivity contribution >= 4 is 15.7 Å². The fraction of sp³-hybridized carbons (Fsp3) is 0.143. The zero-order valence-corrected chi connectivity index (χ0v) is 11.5. The van der Waals surface area contributed by atoms with Crippen LogP contribution in [0.1, 0.15) is 11.1 Å². The molecule has 5 heteroatoms. The zero-order chi connectivity index (χ0) is 14.0. The fourth-order valence-electron chi connectivity index (χ4n) is 1.62.